The van der Waals surface area contributed by atoms with E-state index in [1.807, 2.05) is 6.07 Å². The number of hydrogen-bond donors (Lipinski definition) is 0. The van der Waals surface area contributed by atoms with Crippen molar-refractivity contribution >= 4 is 15.9 Å². The van der Waals surface area contributed by atoms with E-state index >= 15 is 0 Å². The first-order chi connectivity index (χ1) is 9.63. The molecule has 0 aromatic heterocycles. The molecule has 0 bridgehead atoms. The monoisotopic (exact) mass is 339 g/mol. The molecule has 3 heteroatoms. The van der Waals surface area contributed by atoms with Gasteiger partial charge in [0.05, 0.1) is 11.6 Å². The second kappa shape index (κ2) is 7.46. The van der Waals surface area contributed by atoms with Crippen LogP contribution in [-0.2, 0) is 6.54 Å². The van der Waals surface area contributed by atoms with Crippen LogP contribution in [0, 0.1) is 5.92 Å². The van der Waals surface area contributed by atoms with Crippen molar-refractivity contribution in [2.24, 2.45) is 5.92 Å². The predicted molar refractivity (Wildman–Crippen MR) is 88.2 cm³/mol. The highest BCUT2D eigenvalue weighted by molar-refractivity contribution is 9.10. The van der Waals surface area contributed by atoms with Crippen LogP contribution in [0.2, 0.25) is 0 Å². The molecule has 1 fully saturated rings. The summed E-state index contributed by atoms with van der Waals surface area (Å²) in [5.41, 5.74) is 1.35. The third-order valence-corrected chi connectivity index (χ3v) is 5.28. The van der Waals surface area contributed by atoms with Gasteiger partial charge in [0.15, 0.2) is 0 Å². The lowest BCUT2D eigenvalue weighted by molar-refractivity contribution is 0.157. The molecule has 2 rings (SSSR count). The fraction of sp³-hybridized carbons (Fsp3) is 0.647. The van der Waals surface area contributed by atoms with Crippen molar-refractivity contribution in [3.05, 3.63) is 28.2 Å². The number of hydrogen-bond acceptors (Lipinski definition) is 2. The summed E-state index contributed by atoms with van der Waals surface area (Å²) >= 11 is 3.57. The highest BCUT2D eigenvalue weighted by Gasteiger charge is 2.23. The van der Waals surface area contributed by atoms with E-state index in [1.165, 1.54) is 37.7 Å². The first-order valence-electron chi connectivity index (χ1n) is 7.66. The second-order valence-corrected chi connectivity index (χ2v) is 6.82. The van der Waals surface area contributed by atoms with E-state index < -0.39 is 0 Å². The molecule has 0 spiro atoms. The van der Waals surface area contributed by atoms with Crippen molar-refractivity contribution in [2.75, 3.05) is 14.2 Å². The van der Waals surface area contributed by atoms with Crippen LogP contribution in [0.4, 0.5) is 0 Å². The van der Waals surface area contributed by atoms with Crippen LogP contribution in [0.25, 0.3) is 0 Å². The van der Waals surface area contributed by atoms with Crippen LogP contribution in [0.15, 0.2) is 22.7 Å². The minimum Gasteiger partial charge on any atom is -0.496 e. The Morgan fingerprint density at radius 3 is 2.50 bits per heavy atom. The van der Waals surface area contributed by atoms with E-state index in [-0.39, 0.29) is 0 Å². The fourth-order valence-corrected chi connectivity index (χ4v) is 3.81. The molecular weight excluding hydrogens is 314 g/mol. The van der Waals surface area contributed by atoms with Gasteiger partial charge < -0.3 is 4.74 Å². The van der Waals surface area contributed by atoms with Crippen LogP contribution < -0.4 is 4.74 Å². The molecule has 0 unspecified atom stereocenters. The van der Waals surface area contributed by atoms with Crippen molar-refractivity contribution in [3.8, 4) is 5.75 Å². The van der Waals surface area contributed by atoms with Gasteiger partial charge in [0.1, 0.15) is 5.75 Å². The van der Waals surface area contributed by atoms with Gasteiger partial charge in [0.25, 0.3) is 0 Å². The molecule has 1 saturated carbocycles. The summed E-state index contributed by atoms with van der Waals surface area (Å²) in [6.07, 6.45) is 6.86. The maximum atomic E-state index is 5.28. The van der Waals surface area contributed by atoms with E-state index in [1.54, 1.807) is 7.11 Å². The minimum atomic E-state index is 0.749. The minimum absolute atomic E-state index is 0.749. The summed E-state index contributed by atoms with van der Waals surface area (Å²) < 4.78 is 6.33. The average Bonchev–Trinajstić information content (AvgIpc) is 2.47. The SMILES string of the molecule is CCC1CCC(N(C)Cc2ccc(OC)c(Br)c2)CC1. The van der Waals surface area contributed by atoms with Gasteiger partial charge in [-0.15, -0.1) is 0 Å². The van der Waals surface area contributed by atoms with Gasteiger partial charge in [0.2, 0.25) is 0 Å². The number of nitrogens with zero attached hydrogens (tertiary/aromatic N) is 1. The normalized spacial score (nSPS) is 23.1. The Hall–Kier alpha value is -0.540. The maximum absolute atomic E-state index is 5.28. The van der Waals surface area contributed by atoms with E-state index in [0.717, 1.165) is 28.7 Å². The van der Waals surface area contributed by atoms with Crippen LogP contribution in [0.5, 0.6) is 5.75 Å². The zero-order valence-electron chi connectivity index (χ0n) is 12.9. The van der Waals surface area contributed by atoms with Crippen LogP contribution in [0.3, 0.4) is 0 Å². The Kier molecular flexibility index (Phi) is 5.91. The van der Waals surface area contributed by atoms with Crippen molar-refractivity contribution in [1.29, 1.82) is 0 Å². The Bertz CT molecular complexity index is 427. The molecule has 1 aromatic rings. The van der Waals surface area contributed by atoms with Crippen molar-refractivity contribution in [1.82, 2.24) is 4.90 Å². The maximum Gasteiger partial charge on any atom is 0.133 e. The summed E-state index contributed by atoms with van der Waals surface area (Å²) in [7, 11) is 3.97. The molecular formula is C17H26BrNO. The summed E-state index contributed by atoms with van der Waals surface area (Å²) in [5.74, 6) is 1.87. The largest absolute Gasteiger partial charge is 0.496 e. The predicted octanol–water partition coefficient (Wildman–Crippen LogP) is 4.86. The third-order valence-electron chi connectivity index (χ3n) is 4.67. The van der Waals surface area contributed by atoms with Gasteiger partial charge in [-0.25, -0.2) is 0 Å². The van der Waals surface area contributed by atoms with Crippen LogP contribution >= 0.6 is 15.9 Å². The Labute approximate surface area is 131 Å². The van der Waals surface area contributed by atoms with E-state index in [0.29, 0.717) is 0 Å². The van der Waals surface area contributed by atoms with Crippen LogP contribution in [0.1, 0.15) is 44.6 Å². The summed E-state index contributed by atoms with van der Waals surface area (Å²) in [6.45, 7) is 3.34. The lowest BCUT2D eigenvalue weighted by Gasteiger charge is -2.34. The number of benzene rings is 1. The second-order valence-electron chi connectivity index (χ2n) is 5.97. The van der Waals surface area contributed by atoms with Gasteiger partial charge in [-0.05, 0) is 72.3 Å². The fourth-order valence-electron chi connectivity index (χ4n) is 3.22. The summed E-state index contributed by atoms with van der Waals surface area (Å²) in [5, 5.41) is 0. The number of halogens is 1. The van der Waals surface area contributed by atoms with Crippen molar-refractivity contribution in [2.45, 2.75) is 51.6 Å². The first-order valence-corrected chi connectivity index (χ1v) is 8.46. The number of methoxy groups -OCH3 is 1. The van der Waals surface area contributed by atoms with Gasteiger partial charge in [-0.1, -0.05) is 19.4 Å². The van der Waals surface area contributed by atoms with E-state index in [2.05, 4.69) is 46.9 Å². The van der Waals surface area contributed by atoms with E-state index in [9.17, 15) is 0 Å². The van der Waals surface area contributed by atoms with Gasteiger partial charge in [-0.2, -0.15) is 0 Å². The molecule has 2 nitrogen and oxygen atoms in total. The lowest BCUT2D eigenvalue weighted by atomic mass is 9.84. The topological polar surface area (TPSA) is 12.5 Å². The number of rotatable bonds is 5. The molecule has 1 aromatic carbocycles. The quantitative estimate of drug-likeness (QED) is 0.759. The summed E-state index contributed by atoms with van der Waals surface area (Å²) in [6, 6.07) is 7.13. The smallest absolute Gasteiger partial charge is 0.133 e. The molecule has 0 atom stereocenters. The standard InChI is InChI=1S/C17H26BrNO/c1-4-13-5-8-15(9-6-13)19(2)12-14-7-10-17(20-3)16(18)11-14/h7,10-11,13,15H,4-6,8-9,12H2,1-3H3. The molecule has 112 valence electrons. The highest BCUT2D eigenvalue weighted by atomic mass is 79.9. The third kappa shape index (κ3) is 3.98. The Morgan fingerprint density at radius 2 is 1.95 bits per heavy atom. The zero-order chi connectivity index (χ0) is 14.5. The molecule has 20 heavy (non-hydrogen) atoms. The Balaban J connectivity index is 1.91. The molecule has 0 aliphatic heterocycles. The lowest BCUT2D eigenvalue weighted by Crippen LogP contribution is -2.34. The Morgan fingerprint density at radius 1 is 1.25 bits per heavy atom. The summed E-state index contributed by atoms with van der Waals surface area (Å²) in [4.78, 5) is 2.51. The molecule has 0 amide bonds. The molecule has 0 radical (unpaired) electrons. The molecule has 0 heterocycles. The molecule has 0 N–H and O–H groups in total. The van der Waals surface area contributed by atoms with Gasteiger partial charge >= 0.3 is 0 Å². The highest BCUT2D eigenvalue weighted by Crippen LogP contribution is 2.30. The molecule has 1 aliphatic carbocycles. The van der Waals surface area contributed by atoms with Crippen LogP contribution in [-0.4, -0.2) is 25.1 Å². The van der Waals surface area contributed by atoms with Crippen molar-refractivity contribution in [3.63, 3.8) is 0 Å². The van der Waals surface area contributed by atoms with Gasteiger partial charge in [-0.3, -0.25) is 4.90 Å². The zero-order valence-corrected chi connectivity index (χ0v) is 14.4. The molecule has 0 saturated heterocycles. The average molecular weight is 340 g/mol. The van der Waals surface area contributed by atoms with E-state index in [4.69, 9.17) is 4.74 Å². The van der Waals surface area contributed by atoms with Gasteiger partial charge in [0, 0.05) is 12.6 Å². The number of ether oxygens (including phenoxy) is 1. The first kappa shape index (κ1) is 15.8. The van der Waals surface area contributed by atoms with Crippen molar-refractivity contribution < 1.29 is 4.74 Å². The molecule has 1 aliphatic rings.